The number of ether oxygens (including phenoxy) is 2. The molecule has 4 rings (SSSR count). The number of esters is 1. The van der Waals surface area contributed by atoms with Crippen LogP contribution in [0.3, 0.4) is 0 Å². The number of nitrogens with zero attached hydrogens (tertiary/aromatic N) is 3. The Morgan fingerprint density at radius 2 is 2.27 bits per heavy atom. The molecule has 178 valence electrons. The first-order chi connectivity index (χ1) is 15.7. The Labute approximate surface area is 188 Å². The smallest absolute Gasteiger partial charge is 0.438 e. The second-order valence-electron chi connectivity index (χ2n) is 7.60. The van der Waals surface area contributed by atoms with Crippen LogP contribution in [0.4, 0.5) is 4.39 Å². The maximum atomic E-state index is 15.8. The number of alkyl halides is 1. The van der Waals surface area contributed by atoms with E-state index < -0.39 is 51.0 Å². The van der Waals surface area contributed by atoms with Crippen molar-refractivity contribution < 1.29 is 41.9 Å². The second kappa shape index (κ2) is 8.76. The van der Waals surface area contributed by atoms with Gasteiger partial charge in [0.2, 0.25) is 12.4 Å². The van der Waals surface area contributed by atoms with E-state index in [0.29, 0.717) is 23.1 Å². The van der Waals surface area contributed by atoms with E-state index in [1.54, 1.807) is 26.1 Å². The number of aromatic nitrogens is 3. The third kappa shape index (κ3) is 4.17. The van der Waals surface area contributed by atoms with Crippen molar-refractivity contribution in [2.45, 2.75) is 57.4 Å². The maximum Gasteiger partial charge on any atom is 0.478 e. The van der Waals surface area contributed by atoms with Crippen molar-refractivity contribution in [3.63, 3.8) is 0 Å². The first-order valence-electron chi connectivity index (χ1n) is 10.2. The third-order valence-electron chi connectivity index (χ3n) is 5.30. The number of rotatable bonds is 6. The van der Waals surface area contributed by atoms with Crippen LogP contribution in [0.15, 0.2) is 18.6 Å². The SMILES string of the molecule is CC#C[C@]1(O)[C@H](n2ccc3c(C)ncnc32)O[C@]2(F)COP(=O)(OCOC(=O)CCC)O[C@@H]12. The summed E-state index contributed by atoms with van der Waals surface area (Å²) >= 11 is 0. The predicted molar refractivity (Wildman–Crippen MR) is 110 cm³/mol. The number of fused-ring (bicyclic) bond motifs is 2. The molecule has 2 fully saturated rings. The molecule has 4 heterocycles. The normalized spacial score (nSPS) is 33.4. The number of halogens is 1. The van der Waals surface area contributed by atoms with Crippen molar-refractivity contribution in [2.75, 3.05) is 13.4 Å². The van der Waals surface area contributed by atoms with Gasteiger partial charge >= 0.3 is 13.8 Å². The van der Waals surface area contributed by atoms with Gasteiger partial charge in [-0.1, -0.05) is 12.8 Å². The van der Waals surface area contributed by atoms with E-state index in [1.807, 2.05) is 0 Å². The van der Waals surface area contributed by atoms with Crippen LogP contribution >= 0.6 is 7.82 Å². The summed E-state index contributed by atoms with van der Waals surface area (Å²) in [6.07, 6.45) is 0.270. The van der Waals surface area contributed by atoms with Gasteiger partial charge in [0, 0.05) is 18.0 Å². The van der Waals surface area contributed by atoms with Crippen LogP contribution in [0.5, 0.6) is 0 Å². The summed E-state index contributed by atoms with van der Waals surface area (Å²) in [5.74, 6) is 1.78. The lowest BCUT2D eigenvalue weighted by Gasteiger charge is -2.36. The highest BCUT2D eigenvalue weighted by Gasteiger charge is 2.71. The lowest BCUT2D eigenvalue weighted by Crippen LogP contribution is -2.53. The van der Waals surface area contributed by atoms with Gasteiger partial charge < -0.3 is 19.1 Å². The van der Waals surface area contributed by atoms with Gasteiger partial charge in [-0.15, -0.1) is 5.92 Å². The van der Waals surface area contributed by atoms with Crippen molar-refractivity contribution in [2.24, 2.45) is 0 Å². The number of carbonyl (C=O) groups is 1. The summed E-state index contributed by atoms with van der Waals surface area (Å²) in [4.78, 5) is 19.8. The van der Waals surface area contributed by atoms with Gasteiger partial charge in [0.05, 0.1) is 5.69 Å². The van der Waals surface area contributed by atoms with E-state index >= 15 is 4.39 Å². The van der Waals surface area contributed by atoms with Crippen LogP contribution in [0.25, 0.3) is 11.0 Å². The largest absolute Gasteiger partial charge is 0.478 e. The Balaban J connectivity index is 1.64. The highest BCUT2D eigenvalue weighted by molar-refractivity contribution is 7.48. The Morgan fingerprint density at radius 1 is 1.48 bits per heavy atom. The highest BCUT2D eigenvalue weighted by atomic mass is 31.2. The van der Waals surface area contributed by atoms with Crippen LogP contribution in [0, 0.1) is 18.8 Å². The molecule has 2 aromatic heterocycles. The maximum absolute atomic E-state index is 15.8. The summed E-state index contributed by atoms with van der Waals surface area (Å²) in [7, 11) is -4.42. The fourth-order valence-electron chi connectivity index (χ4n) is 3.77. The molecule has 0 spiro atoms. The summed E-state index contributed by atoms with van der Waals surface area (Å²) in [6, 6.07) is 1.69. The van der Waals surface area contributed by atoms with Gasteiger partial charge in [-0.05, 0) is 26.3 Å². The molecule has 0 aliphatic carbocycles. The van der Waals surface area contributed by atoms with E-state index in [0.717, 1.165) is 0 Å². The average Bonchev–Trinajstić information content (AvgIpc) is 3.28. The molecule has 2 aliphatic rings. The van der Waals surface area contributed by atoms with Gasteiger partial charge in [-0.3, -0.25) is 13.8 Å². The zero-order valence-corrected chi connectivity index (χ0v) is 19.1. The third-order valence-corrected chi connectivity index (χ3v) is 6.64. The van der Waals surface area contributed by atoms with Crippen molar-refractivity contribution >= 4 is 24.8 Å². The minimum absolute atomic E-state index is 0.140. The van der Waals surface area contributed by atoms with E-state index in [2.05, 4.69) is 21.8 Å². The quantitative estimate of drug-likeness (QED) is 0.283. The van der Waals surface area contributed by atoms with Crippen LogP contribution < -0.4 is 0 Å². The minimum atomic E-state index is -4.42. The number of aryl methyl sites for hydroxylation is 1. The molecule has 1 unspecified atom stereocenters. The van der Waals surface area contributed by atoms with E-state index in [9.17, 15) is 14.5 Å². The summed E-state index contributed by atoms with van der Waals surface area (Å²) in [5.41, 5.74) is -1.26. The van der Waals surface area contributed by atoms with Gasteiger partial charge in [0.25, 0.3) is 5.85 Å². The number of aliphatic hydroxyl groups is 1. The zero-order chi connectivity index (χ0) is 23.9. The summed E-state index contributed by atoms with van der Waals surface area (Å²) in [5, 5.41) is 12.1. The molecule has 0 amide bonds. The molecule has 33 heavy (non-hydrogen) atoms. The Bertz CT molecular complexity index is 1180. The Morgan fingerprint density at radius 3 is 3.00 bits per heavy atom. The van der Waals surface area contributed by atoms with Gasteiger partial charge in [0.1, 0.15) is 18.6 Å². The monoisotopic (exact) mass is 483 g/mol. The minimum Gasteiger partial charge on any atom is -0.438 e. The molecule has 13 heteroatoms. The van der Waals surface area contributed by atoms with Gasteiger partial charge in [0.15, 0.2) is 12.3 Å². The van der Waals surface area contributed by atoms with Gasteiger partial charge in [-0.2, -0.15) is 0 Å². The Hall–Kier alpha value is -2.39. The van der Waals surface area contributed by atoms with Crippen molar-refractivity contribution in [3.05, 3.63) is 24.3 Å². The molecule has 0 saturated carbocycles. The number of hydrogen-bond donors (Lipinski definition) is 1. The van der Waals surface area contributed by atoms with Crippen LogP contribution in [0.1, 0.15) is 38.6 Å². The molecule has 0 radical (unpaired) electrons. The number of hydrogen-bond acceptors (Lipinski definition) is 10. The molecule has 1 N–H and O–H groups in total. The predicted octanol–water partition coefficient (Wildman–Crippen LogP) is 2.53. The van der Waals surface area contributed by atoms with Crippen LogP contribution in [-0.2, 0) is 32.4 Å². The molecule has 2 aromatic rings. The first-order valence-corrected chi connectivity index (χ1v) is 11.7. The van der Waals surface area contributed by atoms with Crippen LogP contribution in [0.2, 0.25) is 0 Å². The average molecular weight is 483 g/mol. The fraction of sp³-hybridized carbons (Fsp3) is 0.550. The van der Waals surface area contributed by atoms with Crippen molar-refractivity contribution in [3.8, 4) is 11.8 Å². The molecular formula is C20H23FN3O8P. The Kier molecular flexibility index (Phi) is 6.30. The number of phosphoric ester groups is 1. The fourth-order valence-corrected chi connectivity index (χ4v) is 5.06. The molecule has 2 aliphatic heterocycles. The van der Waals surface area contributed by atoms with Crippen molar-refractivity contribution in [1.29, 1.82) is 0 Å². The second-order valence-corrected chi connectivity index (χ2v) is 9.22. The molecule has 11 nitrogen and oxygen atoms in total. The molecule has 5 atom stereocenters. The number of phosphoric acid groups is 1. The molecule has 0 aromatic carbocycles. The standard InChI is InChI=1S/C20H23FN3O8P/c1-4-6-15(25)28-12-30-33(27)29-10-20(21)17(32-33)19(26,8-5-2)18(31-20)24-9-7-14-13(3)22-11-23-16(14)24/h7,9,11,17-18,26H,4,6,10,12H2,1-3H3/t17-,18+,19+,20+,33?/m0/s1. The van der Waals surface area contributed by atoms with Crippen molar-refractivity contribution in [1.82, 2.24) is 14.5 Å². The summed E-state index contributed by atoms with van der Waals surface area (Å²) in [6.45, 7) is 3.38. The number of carbonyl (C=O) groups excluding carboxylic acids is 1. The van der Waals surface area contributed by atoms with Gasteiger partial charge in [-0.25, -0.2) is 23.4 Å². The lowest BCUT2D eigenvalue weighted by atomic mass is 9.93. The molecule has 2 saturated heterocycles. The topological polar surface area (TPSA) is 131 Å². The summed E-state index contributed by atoms with van der Waals surface area (Å²) < 4.78 is 55.7. The highest BCUT2D eigenvalue weighted by Crippen LogP contribution is 2.62. The molecule has 0 bridgehead atoms. The van der Waals surface area contributed by atoms with E-state index in [4.69, 9.17) is 23.0 Å². The first kappa shape index (κ1) is 23.8. The lowest BCUT2D eigenvalue weighted by molar-refractivity contribution is -0.221. The van der Waals surface area contributed by atoms with Crippen LogP contribution in [-0.4, -0.2) is 56.6 Å². The van der Waals surface area contributed by atoms with E-state index in [1.165, 1.54) is 17.8 Å². The zero-order valence-electron chi connectivity index (χ0n) is 18.2. The van der Waals surface area contributed by atoms with E-state index in [-0.39, 0.29) is 6.42 Å². The molecular weight excluding hydrogens is 460 g/mol.